The van der Waals surface area contributed by atoms with Gasteiger partial charge in [0, 0.05) is 16.8 Å². The van der Waals surface area contributed by atoms with Crippen LogP contribution in [0.4, 0.5) is 5.69 Å². The molecule has 0 heterocycles. The van der Waals surface area contributed by atoms with Crippen LogP contribution < -0.4 is 15.2 Å². The molecular formula is C16H17NO3. The summed E-state index contributed by atoms with van der Waals surface area (Å²) in [7, 11) is 1.55. The Kier molecular flexibility index (Phi) is 4.25. The third kappa shape index (κ3) is 2.91. The highest BCUT2D eigenvalue weighted by atomic mass is 16.5. The molecule has 0 aromatic heterocycles. The Morgan fingerprint density at radius 3 is 2.30 bits per heavy atom. The van der Waals surface area contributed by atoms with Gasteiger partial charge in [-0.3, -0.25) is 4.79 Å². The van der Waals surface area contributed by atoms with Crippen LogP contribution in [0.15, 0.2) is 42.5 Å². The Labute approximate surface area is 118 Å². The summed E-state index contributed by atoms with van der Waals surface area (Å²) in [5.41, 5.74) is 7.39. The van der Waals surface area contributed by atoms with Gasteiger partial charge in [0.1, 0.15) is 0 Å². The topological polar surface area (TPSA) is 61.5 Å². The van der Waals surface area contributed by atoms with Crippen LogP contribution in [0.5, 0.6) is 11.5 Å². The number of methoxy groups -OCH3 is 1. The zero-order chi connectivity index (χ0) is 14.5. The number of carbonyl (C=O) groups is 1. The van der Waals surface area contributed by atoms with Crippen molar-refractivity contribution in [1.82, 2.24) is 0 Å². The minimum atomic E-state index is -0.0775. The number of nitrogens with two attached hydrogens (primary N) is 1. The number of hydrogen-bond acceptors (Lipinski definition) is 4. The smallest absolute Gasteiger partial charge is 0.193 e. The molecular weight excluding hydrogens is 254 g/mol. The highest BCUT2D eigenvalue weighted by molar-refractivity contribution is 6.09. The van der Waals surface area contributed by atoms with E-state index >= 15 is 0 Å². The van der Waals surface area contributed by atoms with Crippen LogP contribution in [0, 0.1) is 0 Å². The molecule has 2 aromatic carbocycles. The molecule has 2 aromatic rings. The molecule has 4 nitrogen and oxygen atoms in total. The second-order valence-electron chi connectivity index (χ2n) is 4.25. The summed E-state index contributed by atoms with van der Waals surface area (Å²) in [6.07, 6.45) is 0. The van der Waals surface area contributed by atoms with E-state index in [0.29, 0.717) is 34.9 Å². The summed E-state index contributed by atoms with van der Waals surface area (Å²) in [6, 6.07) is 12.0. The van der Waals surface area contributed by atoms with Crippen LogP contribution in [-0.2, 0) is 0 Å². The summed E-state index contributed by atoms with van der Waals surface area (Å²) < 4.78 is 10.7. The van der Waals surface area contributed by atoms with Gasteiger partial charge in [-0.15, -0.1) is 0 Å². The molecule has 0 saturated heterocycles. The van der Waals surface area contributed by atoms with Crippen LogP contribution in [0.3, 0.4) is 0 Å². The molecule has 0 atom stereocenters. The van der Waals surface area contributed by atoms with Crippen LogP contribution >= 0.6 is 0 Å². The van der Waals surface area contributed by atoms with Gasteiger partial charge in [-0.05, 0) is 49.4 Å². The number of benzene rings is 2. The summed E-state index contributed by atoms with van der Waals surface area (Å²) in [6.45, 7) is 2.44. The molecule has 0 saturated carbocycles. The predicted octanol–water partition coefficient (Wildman–Crippen LogP) is 2.91. The lowest BCUT2D eigenvalue weighted by molar-refractivity contribution is 0.103. The Hall–Kier alpha value is -2.49. The van der Waals surface area contributed by atoms with Gasteiger partial charge in [0.15, 0.2) is 17.3 Å². The lowest BCUT2D eigenvalue weighted by Gasteiger charge is -2.10. The van der Waals surface area contributed by atoms with Crippen molar-refractivity contribution in [2.75, 3.05) is 19.5 Å². The third-order valence-electron chi connectivity index (χ3n) is 2.90. The lowest BCUT2D eigenvalue weighted by atomic mass is 10.0. The minimum Gasteiger partial charge on any atom is -0.493 e. The highest BCUT2D eigenvalue weighted by Gasteiger charge is 2.12. The van der Waals surface area contributed by atoms with E-state index in [4.69, 9.17) is 15.2 Å². The number of rotatable bonds is 5. The van der Waals surface area contributed by atoms with Crippen LogP contribution in [0.25, 0.3) is 0 Å². The fourth-order valence-corrected chi connectivity index (χ4v) is 1.88. The van der Waals surface area contributed by atoms with Crippen molar-refractivity contribution in [1.29, 1.82) is 0 Å². The van der Waals surface area contributed by atoms with E-state index in [1.54, 1.807) is 49.6 Å². The molecule has 2 N–H and O–H groups in total. The van der Waals surface area contributed by atoms with Gasteiger partial charge in [0.05, 0.1) is 13.7 Å². The molecule has 0 bridgehead atoms. The van der Waals surface area contributed by atoms with E-state index in [-0.39, 0.29) is 5.78 Å². The summed E-state index contributed by atoms with van der Waals surface area (Å²) in [5, 5.41) is 0. The number of hydrogen-bond donors (Lipinski definition) is 1. The van der Waals surface area contributed by atoms with E-state index in [2.05, 4.69) is 0 Å². The zero-order valence-electron chi connectivity index (χ0n) is 11.6. The van der Waals surface area contributed by atoms with Gasteiger partial charge in [-0.2, -0.15) is 0 Å². The fraction of sp³-hybridized carbons (Fsp3) is 0.188. The maximum atomic E-state index is 12.4. The van der Waals surface area contributed by atoms with E-state index < -0.39 is 0 Å². The predicted molar refractivity (Wildman–Crippen MR) is 78.4 cm³/mol. The molecule has 104 valence electrons. The van der Waals surface area contributed by atoms with Gasteiger partial charge in [-0.25, -0.2) is 0 Å². The first kappa shape index (κ1) is 13.9. The molecule has 0 fully saturated rings. The first-order valence-electron chi connectivity index (χ1n) is 6.36. The molecule has 0 unspecified atom stereocenters. The number of ether oxygens (including phenoxy) is 2. The highest BCUT2D eigenvalue weighted by Crippen LogP contribution is 2.29. The van der Waals surface area contributed by atoms with Crippen molar-refractivity contribution in [3.8, 4) is 11.5 Å². The SMILES string of the molecule is CCOc1ccc(C(=O)c2ccc(N)cc2)cc1OC. The normalized spacial score (nSPS) is 10.1. The Bertz CT molecular complexity index is 606. The maximum absolute atomic E-state index is 12.4. The van der Waals surface area contributed by atoms with Crippen molar-refractivity contribution in [3.05, 3.63) is 53.6 Å². The van der Waals surface area contributed by atoms with Crippen molar-refractivity contribution in [2.45, 2.75) is 6.92 Å². The summed E-state index contributed by atoms with van der Waals surface area (Å²) in [5.74, 6) is 1.10. The van der Waals surface area contributed by atoms with E-state index in [1.807, 2.05) is 6.92 Å². The van der Waals surface area contributed by atoms with Crippen LogP contribution in [0.1, 0.15) is 22.8 Å². The molecule has 4 heteroatoms. The Morgan fingerprint density at radius 1 is 1.05 bits per heavy atom. The first-order valence-corrected chi connectivity index (χ1v) is 6.36. The van der Waals surface area contributed by atoms with Gasteiger partial charge < -0.3 is 15.2 Å². The third-order valence-corrected chi connectivity index (χ3v) is 2.90. The molecule has 2 rings (SSSR count). The molecule has 0 aliphatic carbocycles. The molecule has 0 spiro atoms. The summed E-state index contributed by atoms with van der Waals surface area (Å²) >= 11 is 0. The second kappa shape index (κ2) is 6.10. The zero-order valence-corrected chi connectivity index (χ0v) is 11.6. The van der Waals surface area contributed by atoms with Crippen molar-refractivity contribution in [3.63, 3.8) is 0 Å². The van der Waals surface area contributed by atoms with Crippen molar-refractivity contribution in [2.24, 2.45) is 0 Å². The molecule has 0 aliphatic heterocycles. The van der Waals surface area contributed by atoms with Gasteiger partial charge in [0.25, 0.3) is 0 Å². The van der Waals surface area contributed by atoms with E-state index in [0.717, 1.165) is 0 Å². The largest absolute Gasteiger partial charge is 0.493 e. The minimum absolute atomic E-state index is 0.0775. The fourth-order valence-electron chi connectivity index (χ4n) is 1.88. The monoisotopic (exact) mass is 271 g/mol. The van der Waals surface area contributed by atoms with E-state index in [9.17, 15) is 4.79 Å². The Balaban J connectivity index is 2.32. The average Bonchev–Trinajstić information content (AvgIpc) is 2.48. The van der Waals surface area contributed by atoms with Crippen molar-refractivity contribution < 1.29 is 14.3 Å². The van der Waals surface area contributed by atoms with Gasteiger partial charge >= 0.3 is 0 Å². The van der Waals surface area contributed by atoms with Gasteiger partial charge in [-0.1, -0.05) is 0 Å². The molecule has 0 aliphatic rings. The molecule has 20 heavy (non-hydrogen) atoms. The number of anilines is 1. The quantitative estimate of drug-likeness (QED) is 0.671. The molecule has 0 radical (unpaired) electrons. The van der Waals surface area contributed by atoms with E-state index in [1.165, 1.54) is 0 Å². The average molecular weight is 271 g/mol. The Morgan fingerprint density at radius 2 is 1.70 bits per heavy atom. The second-order valence-corrected chi connectivity index (χ2v) is 4.25. The standard InChI is InChI=1S/C16H17NO3/c1-3-20-14-9-6-12(10-15(14)19-2)16(18)11-4-7-13(17)8-5-11/h4-10H,3,17H2,1-2H3. The molecule has 0 amide bonds. The number of nitrogen functional groups attached to an aromatic ring is 1. The lowest BCUT2D eigenvalue weighted by Crippen LogP contribution is -2.03. The van der Waals surface area contributed by atoms with Crippen LogP contribution in [-0.4, -0.2) is 19.5 Å². The van der Waals surface area contributed by atoms with Gasteiger partial charge in [0.2, 0.25) is 0 Å². The first-order chi connectivity index (χ1) is 9.65. The summed E-state index contributed by atoms with van der Waals surface area (Å²) in [4.78, 5) is 12.4. The number of ketones is 1. The van der Waals surface area contributed by atoms with Crippen molar-refractivity contribution >= 4 is 11.5 Å². The maximum Gasteiger partial charge on any atom is 0.193 e. The van der Waals surface area contributed by atoms with Crippen LogP contribution in [0.2, 0.25) is 0 Å². The number of carbonyl (C=O) groups excluding carboxylic acids is 1.